The van der Waals surface area contributed by atoms with Crippen LogP contribution in [-0.2, 0) is 16.1 Å². The lowest BCUT2D eigenvalue weighted by molar-refractivity contribution is -0.123. The van der Waals surface area contributed by atoms with Crippen LogP contribution in [0.2, 0.25) is 0 Å². The Labute approximate surface area is 119 Å². The van der Waals surface area contributed by atoms with E-state index in [2.05, 4.69) is 15.7 Å². The number of aromatic nitrogens is 2. The molecule has 0 spiro atoms. The number of nitrogens with zero attached hydrogens (tertiary/aromatic N) is 2. The van der Waals surface area contributed by atoms with Crippen molar-refractivity contribution in [3.05, 3.63) is 18.5 Å². The fraction of sp³-hybridized carbons (Fsp3) is 0.714. The number of carbonyl (C=O) groups excluding carboxylic acids is 1. The molecule has 2 N–H and O–H groups in total. The molecule has 6 heteroatoms. The molecule has 1 saturated heterocycles. The number of carbonyl (C=O) groups is 1. The Morgan fingerprint density at radius 1 is 1.55 bits per heavy atom. The average molecular weight is 280 g/mol. The van der Waals surface area contributed by atoms with Crippen molar-refractivity contribution in [1.29, 1.82) is 0 Å². The van der Waals surface area contributed by atoms with E-state index in [1.807, 2.05) is 23.9 Å². The normalized spacial score (nSPS) is 17.9. The van der Waals surface area contributed by atoms with Gasteiger partial charge < -0.3 is 15.4 Å². The van der Waals surface area contributed by atoms with E-state index in [1.165, 1.54) is 0 Å². The lowest BCUT2D eigenvalue weighted by atomic mass is 10.1. The van der Waals surface area contributed by atoms with Crippen molar-refractivity contribution in [3.63, 3.8) is 0 Å². The highest BCUT2D eigenvalue weighted by Gasteiger charge is 2.14. The molecule has 6 nitrogen and oxygen atoms in total. The molecule has 1 aliphatic rings. The predicted molar refractivity (Wildman–Crippen MR) is 76.3 cm³/mol. The Hall–Kier alpha value is -1.40. The largest absolute Gasteiger partial charge is 0.378 e. The van der Waals surface area contributed by atoms with Gasteiger partial charge in [0.25, 0.3) is 0 Å². The summed E-state index contributed by atoms with van der Waals surface area (Å²) in [5, 5.41) is 10.4. The summed E-state index contributed by atoms with van der Waals surface area (Å²) >= 11 is 0. The van der Waals surface area contributed by atoms with Crippen molar-refractivity contribution in [2.75, 3.05) is 19.7 Å². The van der Waals surface area contributed by atoms with E-state index in [0.29, 0.717) is 25.7 Å². The SMILES string of the molecule is CC(Cn1cccn1)NC(=O)CCOC1CCNCC1. The molecule has 0 bridgehead atoms. The summed E-state index contributed by atoms with van der Waals surface area (Å²) in [6.07, 6.45) is 6.44. The fourth-order valence-electron chi connectivity index (χ4n) is 2.36. The maximum absolute atomic E-state index is 11.8. The number of rotatable bonds is 7. The molecule has 1 amide bonds. The van der Waals surface area contributed by atoms with Crippen LogP contribution < -0.4 is 10.6 Å². The smallest absolute Gasteiger partial charge is 0.222 e. The molecule has 1 aromatic heterocycles. The van der Waals surface area contributed by atoms with Crippen LogP contribution in [0.3, 0.4) is 0 Å². The van der Waals surface area contributed by atoms with Crippen LogP contribution >= 0.6 is 0 Å². The summed E-state index contributed by atoms with van der Waals surface area (Å²) in [6, 6.07) is 1.95. The van der Waals surface area contributed by atoms with Crippen molar-refractivity contribution in [3.8, 4) is 0 Å². The minimum absolute atomic E-state index is 0.0404. The standard InChI is InChI=1S/C14H24N4O2/c1-12(11-18-9-2-6-16-18)17-14(19)5-10-20-13-3-7-15-8-4-13/h2,6,9,12-13,15H,3-5,7-8,10-11H2,1H3,(H,17,19). The Morgan fingerprint density at radius 2 is 2.35 bits per heavy atom. The highest BCUT2D eigenvalue weighted by molar-refractivity contribution is 5.76. The van der Waals surface area contributed by atoms with E-state index < -0.39 is 0 Å². The molecule has 112 valence electrons. The summed E-state index contributed by atoms with van der Waals surface area (Å²) < 4.78 is 7.54. The number of nitrogens with one attached hydrogen (secondary N) is 2. The molecule has 1 atom stereocenters. The van der Waals surface area contributed by atoms with Crippen LogP contribution in [0.5, 0.6) is 0 Å². The molecule has 0 radical (unpaired) electrons. The number of amides is 1. The Bertz CT molecular complexity index is 388. The van der Waals surface area contributed by atoms with Gasteiger partial charge in [0.2, 0.25) is 5.91 Å². The first kappa shape index (κ1) is 15.0. The van der Waals surface area contributed by atoms with Gasteiger partial charge in [-0.1, -0.05) is 0 Å². The first-order chi connectivity index (χ1) is 9.74. The lowest BCUT2D eigenvalue weighted by Gasteiger charge is -2.23. The maximum atomic E-state index is 11.8. The van der Waals surface area contributed by atoms with Crippen molar-refractivity contribution < 1.29 is 9.53 Å². The van der Waals surface area contributed by atoms with Crippen molar-refractivity contribution in [2.24, 2.45) is 0 Å². The van der Waals surface area contributed by atoms with Gasteiger partial charge in [-0.05, 0) is 38.9 Å². The second kappa shape index (κ2) is 8.01. The summed E-state index contributed by atoms with van der Waals surface area (Å²) in [4.78, 5) is 11.8. The van der Waals surface area contributed by atoms with Gasteiger partial charge in [0, 0.05) is 24.9 Å². The molecule has 1 aromatic rings. The third-order valence-electron chi connectivity index (χ3n) is 3.40. The van der Waals surface area contributed by atoms with Gasteiger partial charge in [0.15, 0.2) is 0 Å². The number of ether oxygens (including phenoxy) is 1. The summed E-state index contributed by atoms with van der Waals surface area (Å²) in [7, 11) is 0. The van der Waals surface area contributed by atoms with Crippen molar-refractivity contribution in [2.45, 2.75) is 44.9 Å². The van der Waals surface area contributed by atoms with E-state index in [9.17, 15) is 4.79 Å². The van der Waals surface area contributed by atoms with Gasteiger partial charge in [-0.2, -0.15) is 5.10 Å². The first-order valence-electron chi connectivity index (χ1n) is 7.33. The molecule has 1 aliphatic heterocycles. The summed E-state index contributed by atoms with van der Waals surface area (Å²) in [5.74, 6) is 0.0404. The van der Waals surface area contributed by atoms with Crippen LogP contribution in [0.15, 0.2) is 18.5 Å². The van der Waals surface area contributed by atoms with Gasteiger partial charge in [-0.25, -0.2) is 0 Å². The molecule has 2 rings (SSSR count). The fourth-order valence-corrected chi connectivity index (χ4v) is 2.36. The Morgan fingerprint density at radius 3 is 3.05 bits per heavy atom. The van der Waals surface area contributed by atoms with Crippen LogP contribution in [0, 0.1) is 0 Å². The van der Waals surface area contributed by atoms with E-state index in [0.717, 1.165) is 25.9 Å². The second-order valence-corrected chi connectivity index (χ2v) is 5.27. The summed E-state index contributed by atoms with van der Waals surface area (Å²) in [5.41, 5.74) is 0. The van der Waals surface area contributed by atoms with Gasteiger partial charge in [0.1, 0.15) is 0 Å². The van der Waals surface area contributed by atoms with E-state index in [1.54, 1.807) is 6.20 Å². The number of hydrogen-bond donors (Lipinski definition) is 2. The zero-order valence-corrected chi connectivity index (χ0v) is 12.0. The molecular weight excluding hydrogens is 256 g/mol. The third-order valence-corrected chi connectivity index (χ3v) is 3.40. The average Bonchev–Trinajstić information content (AvgIpc) is 2.92. The third kappa shape index (κ3) is 5.30. The molecule has 0 aliphatic carbocycles. The molecule has 0 saturated carbocycles. The van der Waals surface area contributed by atoms with Gasteiger partial charge in [-0.3, -0.25) is 9.48 Å². The van der Waals surface area contributed by atoms with E-state index >= 15 is 0 Å². The lowest BCUT2D eigenvalue weighted by Crippen LogP contribution is -2.37. The molecule has 1 fully saturated rings. The van der Waals surface area contributed by atoms with Gasteiger partial charge >= 0.3 is 0 Å². The summed E-state index contributed by atoms with van der Waals surface area (Å²) in [6.45, 7) is 5.20. The number of hydrogen-bond acceptors (Lipinski definition) is 4. The maximum Gasteiger partial charge on any atom is 0.222 e. The highest BCUT2D eigenvalue weighted by atomic mass is 16.5. The number of piperidine rings is 1. The zero-order chi connectivity index (χ0) is 14.2. The predicted octanol–water partition coefficient (Wildman–Crippen LogP) is 0.547. The van der Waals surface area contributed by atoms with Gasteiger partial charge in [-0.15, -0.1) is 0 Å². The van der Waals surface area contributed by atoms with E-state index in [4.69, 9.17) is 4.74 Å². The molecule has 2 heterocycles. The zero-order valence-electron chi connectivity index (χ0n) is 12.0. The quantitative estimate of drug-likeness (QED) is 0.765. The molecule has 1 unspecified atom stereocenters. The topological polar surface area (TPSA) is 68.2 Å². The van der Waals surface area contributed by atoms with E-state index in [-0.39, 0.29) is 11.9 Å². The molecular formula is C14H24N4O2. The van der Waals surface area contributed by atoms with Crippen LogP contribution in [-0.4, -0.2) is 47.5 Å². The molecule has 20 heavy (non-hydrogen) atoms. The minimum Gasteiger partial charge on any atom is -0.378 e. The van der Waals surface area contributed by atoms with Crippen molar-refractivity contribution in [1.82, 2.24) is 20.4 Å². The van der Waals surface area contributed by atoms with Crippen LogP contribution in [0.25, 0.3) is 0 Å². The Kier molecular flexibility index (Phi) is 6.01. The van der Waals surface area contributed by atoms with Crippen molar-refractivity contribution >= 4 is 5.91 Å². The monoisotopic (exact) mass is 280 g/mol. The minimum atomic E-state index is 0.0404. The second-order valence-electron chi connectivity index (χ2n) is 5.27. The van der Waals surface area contributed by atoms with Gasteiger partial charge in [0.05, 0.1) is 19.3 Å². The first-order valence-corrected chi connectivity index (χ1v) is 7.33. The molecule has 0 aromatic carbocycles. The Balaban J connectivity index is 1.57. The van der Waals surface area contributed by atoms with Crippen LogP contribution in [0.4, 0.5) is 0 Å². The highest BCUT2D eigenvalue weighted by Crippen LogP contribution is 2.07. The van der Waals surface area contributed by atoms with Crippen LogP contribution in [0.1, 0.15) is 26.2 Å².